The highest BCUT2D eigenvalue weighted by molar-refractivity contribution is 6.13. The maximum Gasteiger partial charge on any atom is 0.161 e. The van der Waals surface area contributed by atoms with E-state index in [2.05, 4.69) is 50.3 Å². The molecule has 4 aromatic carbocycles. The Labute approximate surface area is 320 Å². The number of ether oxygens (including phenoxy) is 1. The summed E-state index contributed by atoms with van der Waals surface area (Å²) in [4.78, 5) is 11.6. The Morgan fingerprint density at radius 2 is 1.76 bits per heavy atom. The van der Waals surface area contributed by atoms with Crippen LogP contribution in [0.2, 0.25) is 0 Å². The second kappa shape index (κ2) is 19.0. The first kappa shape index (κ1) is 38.9. The van der Waals surface area contributed by atoms with E-state index < -0.39 is 0 Å². The summed E-state index contributed by atoms with van der Waals surface area (Å²) in [6, 6.07) is 26.4. The number of fused-ring (bicyclic) bond motifs is 1. The minimum Gasteiger partial charge on any atom is -0.505 e. The molecule has 1 atom stereocenters. The van der Waals surface area contributed by atoms with Gasteiger partial charge in [-0.15, -0.1) is 0 Å². The Morgan fingerprint density at radius 3 is 2.56 bits per heavy atom. The van der Waals surface area contributed by atoms with Gasteiger partial charge in [0.05, 0.1) is 5.69 Å². The molecule has 274 valence electrons. The van der Waals surface area contributed by atoms with Gasteiger partial charge in [-0.05, 0) is 98.4 Å². The zero-order valence-electron chi connectivity index (χ0n) is 32.1. The van der Waals surface area contributed by atoms with Gasteiger partial charge in [0.25, 0.3) is 0 Å². The van der Waals surface area contributed by atoms with E-state index >= 15 is 0 Å². The number of hydrogen-bond acceptors (Lipinski definition) is 4. The lowest BCUT2D eigenvalue weighted by Gasteiger charge is -2.24. The Kier molecular flexibility index (Phi) is 13.7. The number of aliphatic imine (C=N–C) groups is 2. The summed E-state index contributed by atoms with van der Waals surface area (Å²) in [7, 11) is 0. The van der Waals surface area contributed by atoms with Crippen LogP contribution in [0.4, 0.5) is 11.4 Å². The fourth-order valence-corrected chi connectivity index (χ4v) is 6.17. The molecule has 0 saturated carbocycles. The molecule has 0 unspecified atom stereocenters. The molecule has 0 aliphatic carbocycles. The Hall–Kier alpha value is -6.27. The number of hydrogen-bond donors (Lipinski definition) is 2. The highest BCUT2D eigenvalue weighted by Crippen LogP contribution is 2.41. The lowest BCUT2D eigenvalue weighted by atomic mass is 9.93. The predicted octanol–water partition coefficient (Wildman–Crippen LogP) is 12.1. The maximum atomic E-state index is 11.7. The molecule has 0 fully saturated rings. The normalized spacial score (nSPS) is 16.3. The first-order chi connectivity index (χ1) is 26.2. The van der Waals surface area contributed by atoms with Crippen LogP contribution in [-0.2, 0) is 6.42 Å². The van der Waals surface area contributed by atoms with Gasteiger partial charge in [-0.2, -0.15) is 0 Å². The molecule has 2 N–H and O–H groups in total. The number of anilines is 2. The van der Waals surface area contributed by atoms with Gasteiger partial charge in [0, 0.05) is 40.7 Å². The predicted molar refractivity (Wildman–Crippen MR) is 229 cm³/mol. The number of phenolic OH excluding ortho intramolecular Hbond substituents is 1. The molecule has 6 heteroatoms. The van der Waals surface area contributed by atoms with Crippen LogP contribution in [0.25, 0.3) is 11.1 Å². The molecule has 0 aromatic heterocycles. The number of phenols is 1. The van der Waals surface area contributed by atoms with E-state index in [1.807, 2.05) is 142 Å². The van der Waals surface area contributed by atoms with Crippen molar-refractivity contribution in [2.45, 2.75) is 53.9 Å². The molecule has 0 amide bonds. The van der Waals surface area contributed by atoms with E-state index in [1.54, 1.807) is 6.21 Å². The van der Waals surface area contributed by atoms with E-state index in [0.717, 1.165) is 51.2 Å². The average molecular weight is 715 g/mol. The van der Waals surface area contributed by atoms with Gasteiger partial charge >= 0.3 is 0 Å². The number of nitrogens with one attached hydrogen (secondary N) is 1. The third-order valence-corrected chi connectivity index (χ3v) is 9.25. The van der Waals surface area contributed by atoms with Gasteiger partial charge in [-0.1, -0.05) is 117 Å². The third-order valence-electron chi connectivity index (χ3n) is 9.25. The fourth-order valence-electron chi connectivity index (χ4n) is 6.17. The number of aryl methyl sites for hydroxylation is 1. The van der Waals surface area contributed by atoms with Crippen LogP contribution in [0, 0.1) is 12.3 Å². The highest BCUT2D eigenvalue weighted by Gasteiger charge is 2.18. The van der Waals surface area contributed by atoms with Crippen molar-refractivity contribution in [3.05, 3.63) is 179 Å². The smallest absolute Gasteiger partial charge is 0.161 e. The summed E-state index contributed by atoms with van der Waals surface area (Å²) >= 11 is 0. The maximum absolute atomic E-state index is 11.7. The number of nitrogens with zero attached hydrogens (tertiary/aromatic N) is 3. The molecule has 0 bridgehead atoms. The van der Waals surface area contributed by atoms with Crippen LogP contribution in [-0.4, -0.2) is 29.6 Å². The van der Waals surface area contributed by atoms with Crippen molar-refractivity contribution in [3.8, 4) is 22.6 Å². The molecule has 54 heavy (non-hydrogen) atoms. The molecule has 6 nitrogen and oxygen atoms in total. The van der Waals surface area contributed by atoms with Crippen molar-refractivity contribution in [3.63, 3.8) is 0 Å². The molecule has 1 aliphatic heterocycles. The summed E-state index contributed by atoms with van der Waals surface area (Å²) in [6.45, 7) is 12.5. The molecular weight excluding hydrogens is 665 g/mol. The molecule has 0 radical (unpaired) electrons. The van der Waals surface area contributed by atoms with Crippen LogP contribution in [0.5, 0.6) is 11.5 Å². The van der Waals surface area contributed by atoms with Crippen molar-refractivity contribution >= 4 is 29.3 Å². The van der Waals surface area contributed by atoms with E-state index in [1.165, 1.54) is 5.56 Å². The van der Waals surface area contributed by atoms with Crippen molar-refractivity contribution in [1.29, 1.82) is 5.41 Å². The number of benzene rings is 4. The Balaban J connectivity index is 1.56. The molecule has 1 heterocycles. The van der Waals surface area contributed by atoms with Crippen LogP contribution < -0.4 is 9.64 Å². The number of aromatic hydroxyl groups is 1. The second-order valence-corrected chi connectivity index (χ2v) is 13.0. The fraction of sp³-hybridized carbons (Fsp3) is 0.188. The molecule has 4 aromatic rings. The number of amidine groups is 2. The van der Waals surface area contributed by atoms with Crippen molar-refractivity contribution < 1.29 is 9.84 Å². The zero-order valence-corrected chi connectivity index (χ0v) is 32.1. The summed E-state index contributed by atoms with van der Waals surface area (Å²) < 4.78 is 6.18. The largest absolute Gasteiger partial charge is 0.505 e. The van der Waals surface area contributed by atoms with E-state index in [4.69, 9.17) is 20.1 Å². The van der Waals surface area contributed by atoms with Crippen LogP contribution in [0.3, 0.4) is 0 Å². The monoisotopic (exact) mass is 714 g/mol. The summed E-state index contributed by atoms with van der Waals surface area (Å²) in [5.74, 6) is 1.65. The van der Waals surface area contributed by atoms with E-state index in [0.29, 0.717) is 23.7 Å². The van der Waals surface area contributed by atoms with Gasteiger partial charge < -0.3 is 14.7 Å². The minimum absolute atomic E-state index is 0.119. The molecule has 0 saturated heterocycles. The SMILES string of the molecule is C/C=C\C=C\N(c1cccc(C=NC(=NC(=N)/C(C)=C/C=C\C)c2ccc3c(c2)OC/C=C\C=C/[C@H]3C)c1)c1ccc(-c2ccccc2CC)c(C)c1O. The third kappa shape index (κ3) is 9.58. The molecule has 5 rings (SSSR count). The topological polar surface area (TPSA) is 81.3 Å². The second-order valence-electron chi connectivity index (χ2n) is 13.0. The van der Waals surface area contributed by atoms with Crippen molar-refractivity contribution in [2.75, 3.05) is 11.5 Å². The summed E-state index contributed by atoms with van der Waals surface area (Å²) in [5.41, 5.74) is 9.04. The average Bonchev–Trinajstić information content (AvgIpc) is 3.28. The summed E-state index contributed by atoms with van der Waals surface area (Å²) in [6.07, 6.45) is 24.3. The minimum atomic E-state index is 0.119. The highest BCUT2D eigenvalue weighted by atomic mass is 16.5. The van der Waals surface area contributed by atoms with Gasteiger partial charge in [-0.25, -0.2) is 9.98 Å². The van der Waals surface area contributed by atoms with E-state index in [-0.39, 0.29) is 17.5 Å². The molecule has 1 aliphatic rings. The zero-order chi connectivity index (χ0) is 38.5. The number of rotatable bonds is 10. The van der Waals surface area contributed by atoms with Crippen molar-refractivity contribution in [1.82, 2.24) is 0 Å². The lowest BCUT2D eigenvalue weighted by Crippen LogP contribution is -2.10. The molecular formula is C48H50N4O2. The molecule has 0 spiro atoms. The van der Waals surface area contributed by atoms with E-state index in [9.17, 15) is 5.11 Å². The van der Waals surface area contributed by atoms with Crippen LogP contribution >= 0.6 is 0 Å². The van der Waals surface area contributed by atoms with Crippen LogP contribution in [0.1, 0.15) is 68.4 Å². The first-order valence-corrected chi connectivity index (χ1v) is 18.5. The van der Waals surface area contributed by atoms with Gasteiger partial charge in [-0.3, -0.25) is 5.41 Å². The lowest BCUT2D eigenvalue weighted by molar-refractivity contribution is 0.358. The quantitative estimate of drug-likeness (QED) is 0.0975. The standard InChI is InChI=1S/C48H50N4O2/c1-7-10-16-29-52(44-28-27-42(36(6)46(44)53)43-24-15-14-22-38(43)9-3)40-23-18-21-37(31-40)33-50-48(51-47(49)35(5)19-11-8-2)39-25-26-41-34(4)20-13-12-17-30-54-45(41)32-39/h7-8,10-29,31-34,49,53H,9,30H2,1-6H3/b10-7-,11-8-,17-12-,20-13-,29-16+,35-19+,49-47?,50-33?,51-48?/t34-/m1/s1. The van der Waals surface area contributed by atoms with Crippen LogP contribution in [0.15, 0.2) is 161 Å². The summed E-state index contributed by atoms with van der Waals surface area (Å²) in [5, 5.41) is 20.5. The first-order valence-electron chi connectivity index (χ1n) is 18.5. The van der Waals surface area contributed by atoms with Crippen molar-refractivity contribution in [2.24, 2.45) is 9.98 Å². The Bertz CT molecular complexity index is 2210. The van der Waals surface area contributed by atoms with Gasteiger partial charge in [0.2, 0.25) is 0 Å². The van der Waals surface area contributed by atoms with Gasteiger partial charge in [0.1, 0.15) is 23.9 Å². The Morgan fingerprint density at radius 1 is 0.944 bits per heavy atom. The number of allylic oxidation sites excluding steroid dienone is 9. The van der Waals surface area contributed by atoms with Gasteiger partial charge in [0.15, 0.2) is 5.84 Å².